The van der Waals surface area contributed by atoms with Gasteiger partial charge in [0.15, 0.2) is 5.78 Å². The summed E-state index contributed by atoms with van der Waals surface area (Å²) in [4.78, 5) is 17.0. The highest BCUT2D eigenvalue weighted by Gasteiger charge is 2.28. The molecule has 100 valence electrons. The van der Waals surface area contributed by atoms with Gasteiger partial charge in [0, 0.05) is 33.9 Å². The van der Waals surface area contributed by atoms with Crippen LogP contribution in [0.3, 0.4) is 0 Å². The third-order valence-corrected chi connectivity index (χ3v) is 5.19. The van der Waals surface area contributed by atoms with E-state index in [1.54, 1.807) is 11.3 Å². The molecule has 1 aromatic heterocycles. The first kappa shape index (κ1) is 12.3. The van der Waals surface area contributed by atoms with Crippen LogP contribution in [0.15, 0.2) is 29.2 Å². The fourth-order valence-corrected chi connectivity index (χ4v) is 3.76. The van der Waals surface area contributed by atoms with Crippen molar-refractivity contribution in [2.75, 3.05) is 0 Å². The van der Waals surface area contributed by atoms with E-state index in [9.17, 15) is 4.79 Å². The maximum atomic E-state index is 12.4. The van der Waals surface area contributed by atoms with Crippen LogP contribution < -0.4 is 0 Å². The van der Waals surface area contributed by atoms with Crippen LogP contribution in [-0.4, -0.2) is 10.8 Å². The van der Waals surface area contributed by atoms with Gasteiger partial charge >= 0.3 is 0 Å². The van der Waals surface area contributed by atoms with Gasteiger partial charge in [0.2, 0.25) is 0 Å². The number of aromatic nitrogens is 1. The molecule has 20 heavy (non-hydrogen) atoms. The molecule has 2 aliphatic rings. The van der Waals surface area contributed by atoms with Crippen molar-refractivity contribution in [2.45, 2.75) is 25.2 Å². The molecule has 0 saturated heterocycles. The number of carbonyl (C=O) groups is 1. The first-order valence-electron chi connectivity index (χ1n) is 6.70. The molecule has 1 saturated carbocycles. The SMILES string of the molecule is O=C1/C(=C/c2csc(C3CC3)n2)Cc2c(Cl)cccc21. The minimum absolute atomic E-state index is 0.0865. The standard InChI is InChI=1S/C16H12ClNOS/c17-14-3-1-2-12-13(14)7-10(15(12)19)6-11-8-20-16(18-11)9-4-5-9/h1-3,6,8-9H,4-5,7H2/b10-6+. The Labute approximate surface area is 126 Å². The van der Waals surface area contributed by atoms with Gasteiger partial charge in [-0.05, 0) is 30.5 Å². The van der Waals surface area contributed by atoms with E-state index in [0.29, 0.717) is 17.4 Å². The third kappa shape index (κ3) is 2.02. The number of fused-ring (bicyclic) bond motifs is 1. The Morgan fingerprint density at radius 2 is 2.20 bits per heavy atom. The fourth-order valence-electron chi connectivity index (χ4n) is 2.57. The molecule has 1 fully saturated rings. The Morgan fingerprint density at radius 3 is 2.95 bits per heavy atom. The van der Waals surface area contributed by atoms with Crippen molar-refractivity contribution < 1.29 is 4.79 Å². The average molecular weight is 302 g/mol. The topological polar surface area (TPSA) is 30.0 Å². The maximum Gasteiger partial charge on any atom is 0.189 e. The minimum Gasteiger partial charge on any atom is -0.289 e. The fraction of sp³-hybridized carbons (Fsp3) is 0.250. The quantitative estimate of drug-likeness (QED) is 0.765. The first-order valence-corrected chi connectivity index (χ1v) is 7.96. The van der Waals surface area contributed by atoms with E-state index in [2.05, 4.69) is 4.98 Å². The largest absolute Gasteiger partial charge is 0.289 e. The van der Waals surface area contributed by atoms with Gasteiger partial charge < -0.3 is 0 Å². The van der Waals surface area contributed by atoms with Crippen molar-refractivity contribution in [3.8, 4) is 0 Å². The Bertz CT molecular complexity index is 743. The van der Waals surface area contributed by atoms with Crippen molar-refractivity contribution in [3.63, 3.8) is 0 Å². The Balaban J connectivity index is 1.68. The molecule has 2 aliphatic carbocycles. The summed E-state index contributed by atoms with van der Waals surface area (Å²) >= 11 is 7.86. The van der Waals surface area contributed by atoms with Crippen LogP contribution in [0.2, 0.25) is 5.02 Å². The Kier molecular flexibility index (Phi) is 2.79. The van der Waals surface area contributed by atoms with Crippen molar-refractivity contribution in [2.24, 2.45) is 0 Å². The summed E-state index contributed by atoms with van der Waals surface area (Å²) in [5.41, 5.74) is 3.38. The van der Waals surface area contributed by atoms with Crippen LogP contribution in [0.4, 0.5) is 0 Å². The molecular formula is C16H12ClNOS. The number of thiazole rings is 1. The molecule has 0 unspecified atom stereocenters. The predicted octanol–water partition coefficient (Wildman–Crippen LogP) is 4.50. The zero-order chi connectivity index (χ0) is 13.7. The van der Waals surface area contributed by atoms with Gasteiger partial charge in [-0.25, -0.2) is 4.98 Å². The highest BCUT2D eigenvalue weighted by atomic mass is 35.5. The zero-order valence-corrected chi connectivity index (χ0v) is 12.3. The summed E-state index contributed by atoms with van der Waals surface area (Å²) < 4.78 is 0. The average Bonchev–Trinajstić information content (AvgIpc) is 3.11. The lowest BCUT2D eigenvalue weighted by atomic mass is 10.1. The lowest BCUT2D eigenvalue weighted by molar-refractivity contribution is 0.104. The molecule has 0 radical (unpaired) electrons. The second kappa shape index (κ2) is 4.54. The third-order valence-electron chi connectivity index (χ3n) is 3.81. The van der Waals surface area contributed by atoms with Crippen LogP contribution in [0, 0.1) is 0 Å². The van der Waals surface area contributed by atoms with Gasteiger partial charge in [-0.3, -0.25) is 4.79 Å². The second-order valence-corrected chi connectivity index (χ2v) is 6.62. The molecule has 2 nitrogen and oxygen atoms in total. The molecule has 2 aromatic rings. The van der Waals surface area contributed by atoms with Crippen molar-refractivity contribution in [1.29, 1.82) is 0 Å². The van der Waals surface area contributed by atoms with E-state index in [0.717, 1.165) is 22.4 Å². The van der Waals surface area contributed by atoms with Gasteiger partial charge in [0.1, 0.15) is 0 Å². The number of hydrogen-bond acceptors (Lipinski definition) is 3. The number of halogens is 1. The summed E-state index contributed by atoms with van der Waals surface area (Å²) in [5, 5.41) is 3.92. The van der Waals surface area contributed by atoms with Crippen LogP contribution >= 0.6 is 22.9 Å². The smallest absolute Gasteiger partial charge is 0.189 e. The van der Waals surface area contributed by atoms with Crippen molar-refractivity contribution in [3.05, 3.63) is 56.0 Å². The molecule has 0 atom stereocenters. The van der Waals surface area contributed by atoms with Gasteiger partial charge in [0.25, 0.3) is 0 Å². The summed E-state index contributed by atoms with van der Waals surface area (Å²) in [7, 11) is 0. The highest BCUT2D eigenvalue weighted by Crippen LogP contribution is 2.41. The number of ketones is 1. The minimum atomic E-state index is 0.0865. The second-order valence-electron chi connectivity index (χ2n) is 5.33. The Morgan fingerprint density at radius 1 is 1.35 bits per heavy atom. The number of carbonyl (C=O) groups excluding carboxylic acids is 1. The lowest BCUT2D eigenvalue weighted by Gasteiger charge is -1.97. The number of nitrogens with zero attached hydrogens (tertiary/aromatic N) is 1. The van der Waals surface area contributed by atoms with E-state index < -0.39 is 0 Å². The van der Waals surface area contributed by atoms with Gasteiger partial charge in [-0.2, -0.15) is 0 Å². The van der Waals surface area contributed by atoms with Crippen LogP contribution in [0.5, 0.6) is 0 Å². The molecular weight excluding hydrogens is 290 g/mol. The van der Waals surface area contributed by atoms with Gasteiger partial charge in [0.05, 0.1) is 10.7 Å². The number of rotatable bonds is 2. The van der Waals surface area contributed by atoms with E-state index in [1.165, 1.54) is 17.8 Å². The monoisotopic (exact) mass is 301 g/mol. The molecule has 0 aliphatic heterocycles. The summed E-state index contributed by atoms with van der Waals surface area (Å²) in [6, 6.07) is 5.52. The van der Waals surface area contributed by atoms with Crippen LogP contribution in [0.1, 0.15) is 45.4 Å². The van der Waals surface area contributed by atoms with E-state index in [4.69, 9.17) is 11.6 Å². The predicted molar refractivity (Wildman–Crippen MR) is 81.6 cm³/mol. The summed E-state index contributed by atoms with van der Waals surface area (Å²) in [5.74, 6) is 0.751. The number of hydrogen-bond donors (Lipinski definition) is 0. The summed E-state index contributed by atoms with van der Waals surface area (Å²) in [6.07, 6.45) is 5.04. The molecule has 0 spiro atoms. The van der Waals surface area contributed by atoms with E-state index in [1.807, 2.05) is 29.7 Å². The Hall–Kier alpha value is -1.45. The van der Waals surface area contributed by atoms with Crippen LogP contribution in [-0.2, 0) is 6.42 Å². The van der Waals surface area contributed by atoms with Crippen molar-refractivity contribution in [1.82, 2.24) is 4.98 Å². The molecule has 0 N–H and O–H groups in total. The van der Waals surface area contributed by atoms with Gasteiger partial charge in [-0.15, -0.1) is 11.3 Å². The summed E-state index contributed by atoms with van der Waals surface area (Å²) in [6.45, 7) is 0. The number of allylic oxidation sites excluding steroid dienone is 1. The molecule has 0 bridgehead atoms. The highest BCUT2D eigenvalue weighted by molar-refractivity contribution is 7.09. The van der Waals surface area contributed by atoms with Gasteiger partial charge in [-0.1, -0.05) is 23.7 Å². The molecule has 4 rings (SSSR count). The normalized spacial score (nSPS) is 19.6. The maximum absolute atomic E-state index is 12.4. The van der Waals surface area contributed by atoms with Crippen LogP contribution in [0.25, 0.3) is 6.08 Å². The first-order chi connectivity index (χ1) is 9.72. The molecule has 0 amide bonds. The molecule has 1 heterocycles. The lowest BCUT2D eigenvalue weighted by Crippen LogP contribution is -1.95. The molecule has 1 aromatic carbocycles. The molecule has 4 heteroatoms. The van der Waals surface area contributed by atoms with Crippen molar-refractivity contribution >= 4 is 34.8 Å². The van der Waals surface area contributed by atoms with E-state index in [-0.39, 0.29) is 5.78 Å². The number of benzene rings is 1. The van der Waals surface area contributed by atoms with E-state index >= 15 is 0 Å². The zero-order valence-electron chi connectivity index (χ0n) is 10.7. The number of Topliss-reactive ketones (excluding diaryl/α,β-unsaturated/α-hetero) is 1.